The average Bonchev–Trinajstić information content (AvgIpc) is 3.22. The Balaban J connectivity index is 1.13. The Morgan fingerprint density at radius 1 is 0.727 bits per heavy atom. The molecule has 0 fully saturated rings. The third kappa shape index (κ3) is 9.32. The van der Waals surface area contributed by atoms with E-state index >= 15 is 0 Å². The number of carbonyl (C=O) groups excluding carboxylic acids is 2. The van der Waals surface area contributed by atoms with E-state index in [9.17, 15) is 14.7 Å². The number of nitrogens with zero attached hydrogens (tertiary/aromatic N) is 4. The molecule has 4 N–H and O–H groups in total. The van der Waals surface area contributed by atoms with Crippen molar-refractivity contribution in [2.45, 2.75) is 19.4 Å². The van der Waals surface area contributed by atoms with Gasteiger partial charge < -0.3 is 15.6 Å². The van der Waals surface area contributed by atoms with Crippen LogP contribution in [0.5, 0.6) is 11.5 Å². The van der Waals surface area contributed by atoms with E-state index in [-0.39, 0.29) is 18.1 Å². The lowest BCUT2D eigenvalue weighted by molar-refractivity contribution is -0.118. The molecule has 55 heavy (non-hydrogen) atoms. The first-order valence-electron chi connectivity index (χ1n) is 17.6. The number of carbonyl (C=O) groups is 2. The van der Waals surface area contributed by atoms with Crippen LogP contribution in [-0.4, -0.2) is 36.9 Å². The van der Waals surface area contributed by atoms with Crippen LogP contribution in [0.2, 0.25) is 0 Å². The summed E-state index contributed by atoms with van der Waals surface area (Å²) in [6.07, 6.45) is 8.51. The monoisotopic (exact) mass is 724 g/mol. The van der Waals surface area contributed by atoms with Gasteiger partial charge in [0.15, 0.2) is 0 Å². The van der Waals surface area contributed by atoms with Crippen molar-refractivity contribution in [2.24, 2.45) is 5.73 Å². The number of phenolic OH excluding ortho intramolecular Hbond substituents is 1. The van der Waals surface area contributed by atoms with Gasteiger partial charge in [-0.2, -0.15) is 0 Å². The molecule has 270 valence electrons. The van der Waals surface area contributed by atoms with Crippen LogP contribution >= 0.6 is 0 Å². The first-order valence-corrected chi connectivity index (χ1v) is 17.6. The van der Waals surface area contributed by atoms with Gasteiger partial charge in [-0.05, 0) is 100.0 Å². The van der Waals surface area contributed by atoms with E-state index in [1.165, 1.54) is 12.4 Å². The van der Waals surface area contributed by atoms with E-state index in [1.54, 1.807) is 42.7 Å². The number of aromatic hydroxyl groups is 1. The lowest BCUT2D eigenvalue weighted by atomic mass is 9.93. The predicted molar refractivity (Wildman–Crippen MR) is 213 cm³/mol. The number of amides is 2. The highest BCUT2D eigenvalue weighted by atomic mass is 16.5. The van der Waals surface area contributed by atoms with Crippen LogP contribution in [0.15, 0.2) is 152 Å². The van der Waals surface area contributed by atoms with Crippen LogP contribution in [-0.2, 0) is 22.6 Å². The summed E-state index contributed by atoms with van der Waals surface area (Å²) in [6.45, 7) is 0.438. The number of aromatic nitrogens is 4. The largest absolute Gasteiger partial charge is 0.508 e. The highest BCUT2D eigenvalue weighted by molar-refractivity contribution is 6.01. The second-order valence-electron chi connectivity index (χ2n) is 12.7. The third-order valence-corrected chi connectivity index (χ3v) is 8.83. The van der Waals surface area contributed by atoms with Gasteiger partial charge in [0.05, 0.1) is 11.4 Å². The second kappa shape index (κ2) is 16.9. The minimum Gasteiger partial charge on any atom is -0.508 e. The average molecular weight is 725 g/mol. The van der Waals surface area contributed by atoms with Crippen molar-refractivity contribution in [3.05, 3.63) is 169 Å². The molecule has 0 bridgehead atoms. The summed E-state index contributed by atoms with van der Waals surface area (Å²) in [4.78, 5) is 42.4. The van der Waals surface area contributed by atoms with Crippen LogP contribution in [0.25, 0.3) is 50.8 Å². The van der Waals surface area contributed by atoms with Crippen LogP contribution in [0.4, 0.5) is 5.95 Å². The van der Waals surface area contributed by atoms with E-state index in [4.69, 9.17) is 10.5 Å². The number of primary amides is 1. The van der Waals surface area contributed by atoms with E-state index in [0.29, 0.717) is 18.7 Å². The number of nitrogens with one attached hydrogen (secondary N) is 1. The SMILES string of the molecule is NC(=O)CCc1cc(-c2ccnc(NC(=O)/C=C/c3cc(-c4ccncn4)ccc3-c3cccc(OCc4ccccc4)c3)n2)ccc1-c1cccc(O)c1. The third-order valence-electron chi connectivity index (χ3n) is 8.83. The fourth-order valence-corrected chi connectivity index (χ4v) is 6.15. The minimum absolute atomic E-state index is 0.126. The van der Waals surface area contributed by atoms with Crippen molar-refractivity contribution < 1.29 is 19.4 Å². The lowest BCUT2D eigenvalue weighted by Crippen LogP contribution is -2.12. The number of nitrogens with two attached hydrogens (primary N) is 1. The van der Waals surface area contributed by atoms with Crippen molar-refractivity contribution in [3.8, 4) is 56.3 Å². The van der Waals surface area contributed by atoms with E-state index in [0.717, 1.165) is 61.5 Å². The summed E-state index contributed by atoms with van der Waals surface area (Å²) in [5, 5.41) is 12.9. The summed E-state index contributed by atoms with van der Waals surface area (Å²) in [7, 11) is 0. The van der Waals surface area contributed by atoms with Gasteiger partial charge in [-0.3, -0.25) is 14.9 Å². The lowest BCUT2D eigenvalue weighted by Gasteiger charge is -2.13. The van der Waals surface area contributed by atoms with Crippen LogP contribution in [0.3, 0.4) is 0 Å². The molecule has 0 saturated carbocycles. The number of ether oxygens (including phenoxy) is 1. The van der Waals surface area contributed by atoms with E-state index in [2.05, 4.69) is 25.3 Å². The molecule has 0 unspecified atom stereocenters. The molecule has 5 aromatic carbocycles. The van der Waals surface area contributed by atoms with Crippen molar-refractivity contribution in [2.75, 3.05) is 5.32 Å². The maximum absolute atomic E-state index is 13.4. The zero-order valence-corrected chi connectivity index (χ0v) is 29.7. The summed E-state index contributed by atoms with van der Waals surface area (Å²) < 4.78 is 6.11. The van der Waals surface area contributed by atoms with Crippen LogP contribution in [0, 0.1) is 0 Å². The number of hydrogen-bond donors (Lipinski definition) is 3. The molecule has 10 nitrogen and oxygen atoms in total. The van der Waals surface area contributed by atoms with Gasteiger partial charge in [-0.1, -0.05) is 78.9 Å². The Morgan fingerprint density at radius 3 is 2.27 bits per heavy atom. The zero-order valence-electron chi connectivity index (χ0n) is 29.7. The normalized spacial score (nSPS) is 11.0. The fourth-order valence-electron chi connectivity index (χ4n) is 6.15. The van der Waals surface area contributed by atoms with E-state index in [1.807, 2.05) is 103 Å². The minimum atomic E-state index is -0.420. The van der Waals surface area contributed by atoms with Gasteiger partial charge >= 0.3 is 0 Å². The van der Waals surface area contributed by atoms with Gasteiger partial charge in [0.2, 0.25) is 11.9 Å². The van der Waals surface area contributed by atoms with Gasteiger partial charge in [0.1, 0.15) is 24.4 Å². The molecule has 0 aliphatic heterocycles. The number of anilines is 1. The van der Waals surface area contributed by atoms with Gasteiger partial charge in [-0.15, -0.1) is 0 Å². The summed E-state index contributed by atoms with van der Waals surface area (Å²) in [5.41, 5.74) is 14.6. The van der Waals surface area contributed by atoms with Crippen molar-refractivity contribution in [1.29, 1.82) is 0 Å². The smallest absolute Gasteiger partial charge is 0.250 e. The number of hydrogen-bond acceptors (Lipinski definition) is 8. The van der Waals surface area contributed by atoms with Crippen LogP contribution < -0.4 is 15.8 Å². The molecule has 2 aromatic heterocycles. The zero-order chi connectivity index (χ0) is 38.0. The number of aryl methyl sites for hydroxylation is 1. The molecule has 10 heteroatoms. The summed E-state index contributed by atoms with van der Waals surface area (Å²) >= 11 is 0. The Bertz CT molecular complexity index is 2490. The van der Waals surface area contributed by atoms with Crippen molar-refractivity contribution in [1.82, 2.24) is 19.9 Å². The molecule has 2 amide bonds. The van der Waals surface area contributed by atoms with E-state index < -0.39 is 11.8 Å². The Morgan fingerprint density at radius 2 is 1.49 bits per heavy atom. The molecule has 7 rings (SSSR count). The fraction of sp³-hybridized carbons (Fsp3) is 0.0667. The highest BCUT2D eigenvalue weighted by Gasteiger charge is 2.13. The van der Waals surface area contributed by atoms with Gasteiger partial charge in [0.25, 0.3) is 5.91 Å². The van der Waals surface area contributed by atoms with Crippen molar-refractivity contribution >= 4 is 23.8 Å². The second-order valence-corrected chi connectivity index (χ2v) is 12.7. The maximum atomic E-state index is 13.4. The maximum Gasteiger partial charge on any atom is 0.250 e. The molecule has 0 saturated heterocycles. The number of rotatable bonds is 13. The summed E-state index contributed by atoms with van der Waals surface area (Å²) in [5.74, 6) is 0.153. The summed E-state index contributed by atoms with van der Waals surface area (Å²) in [6, 6.07) is 40.0. The first-order chi connectivity index (χ1) is 26.9. The Kier molecular flexibility index (Phi) is 11.0. The van der Waals surface area contributed by atoms with Gasteiger partial charge in [0, 0.05) is 36.0 Å². The van der Waals surface area contributed by atoms with Gasteiger partial charge in [-0.25, -0.2) is 19.9 Å². The Labute approximate surface area is 318 Å². The molecule has 0 aliphatic rings. The molecule has 0 radical (unpaired) electrons. The van der Waals surface area contributed by atoms with Crippen LogP contribution in [0.1, 0.15) is 23.1 Å². The molecular formula is C45H36N6O4. The molecular weight excluding hydrogens is 689 g/mol. The number of benzene rings is 5. The van der Waals surface area contributed by atoms with Crippen molar-refractivity contribution in [3.63, 3.8) is 0 Å². The molecule has 2 heterocycles. The quantitative estimate of drug-likeness (QED) is 0.100. The molecule has 0 aliphatic carbocycles. The number of phenols is 1. The predicted octanol–water partition coefficient (Wildman–Crippen LogP) is 8.29. The topological polar surface area (TPSA) is 153 Å². The Hall–Kier alpha value is -7.46. The molecule has 0 spiro atoms. The highest BCUT2D eigenvalue weighted by Crippen LogP contribution is 2.33. The molecule has 7 aromatic rings. The standard InChI is InChI=1S/C45H36N6O4/c46-43(53)18-14-33-25-36(13-17-39(33)31-8-4-10-37(52)26-31)42-21-23-48-45(50-42)51-44(54)19-15-34-24-35(41-20-22-47-29-49-41)12-16-40(34)32-9-5-11-38(27-32)55-28-30-6-2-1-3-7-30/h1-13,15-17,19-27,29,52H,14,18,28H2,(H2,46,53)(H,48,50,51,54)/b19-15+. The first kappa shape index (κ1) is 35.9. The molecule has 0 atom stereocenters.